The van der Waals surface area contributed by atoms with Crippen LogP contribution in [0.15, 0.2) is 30.5 Å². The molecule has 1 aromatic heterocycles. The summed E-state index contributed by atoms with van der Waals surface area (Å²) in [5, 5.41) is 11.6. The number of methoxy groups -OCH3 is 1. The summed E-state index contributed by atoms with van der Waals surface area (Å²) in [7, 11) is 1.37. The predicted octanol–water partition coefficient (Wildman–Crippen LogP) is 2.25. The zero-order chi connectivity index (χ0) is 14.7. The average molecular weight is 277 g/mol. The maximum absolute atomic E-state index is 13.5. The van der Waals surface area contributed by atoms with E-state index in [0.29, 0.717) is 5.69 Å². The largest absolute Gasteiger partial charge is 0.494 e. The highest BCUT2D eigenvalue weighted by atomic mass is 19.1. The molecule has 0 bridgehead atoms. The van der Waals surface area contributed by atoms with E-state index in [0.717, 1.165) is 0 Å². The van der Waals surface area contributed by atoms with Crippen LogP contribution in [0.1, 0.15) is 10.4 Å². The maximum Gasteiger partial charge on any atom is 0.337 e. The third-order valence-electron chi connectivity index (χ3n) is 2.58. The van der Waals surface area contributed by atoms with Crippen molar-refractivity contribution in [3.8, 4) is 5.75 Å². The van der Waals surface area contributed by atoms with Crippen LogP contribution >= 0.6 is 0 Å². The first-order chi connectivity index (χ1) is 9.51. The van der Waals surface area contributed by atoms with Crippen molar-refractivity contribution in [2.24, 2.45) is 0 Å². The fourth-order valence-electron chi connectivity index (χ4n) is 1.58. The quantitative estimate of drug-likeness (QED) is 0.793. The van der Waals surface area contributed by atoms with E-state index in [4.69, 9.17) is 15.6 Å². The number of nitrogens with one attached hydrogen (secondary N) is 1. The number of nitrogens with zero attached hydrogens (tertiary/aromatic N) is 1. The summed E-state index contributed by atoms with van der Waals surface area (Å²) >= 11 is 0. The molecule has 0 aliphatic carbocycles. The number of ether oxygens (including phenoxy) is 1. The number of aromatic nitrogens is 1. The minimum absolute atomic E-state index is 0.0195. The maximum atomic E-state index is 13.5. The number of anilines is 3. The number of aromatic carboxylic acids is 1. The van der Waals surface area contributed by atoms with Crippen LogP contribution in [0.5, 0.6) is 5.75 Å². The molecule has 0 saturated carbocycles. The van der Waals surface area contributed by atoms with E-state index >= 15 is 0 Å². The van der Waals surface area contributed by atoms with Crippen molar-refractivity contribution in [2.45, 2.75) is 0 Å². The number of carbonyl (C=O) groups is 1. The Hall–Kier alpha value is -2.83. The number of pyridine rings is 1. The summed E-state index contributed by atoms with van der Waals surface area (Å²) in [5.41, 5.74) is 6.25. The molecule has 0 spiro atoms. The molecule has 104 valence electrons. The molecule has 0 fully saturated rings. The number of carboxylic acid groups (broad SMARTS) is 1. The molecule has 0 unspecified atom stereocenters. The topological polar surface area (TPSA) is 97.5 Å². The number of hydrogen-bond donors (Lipinski definition) is 3. The zero-order valence-electron chi connectivity index (χ0n) is 10.6. The Morgan fingerprint density at radius 1 is 1.45 bits per heavy atom. The van der Waals surface area contributed by atoms with Crippen LogP contribution in [-0.4, -0.2) is 23.2 Å². The van der Waals surface area contributed by atoms with Gasteiger partial charge < -0.3 is 20.9 Å². The predicted molar refractivity (Wildman–Crippen MR) is 71.8 cm³/mol. The number of nitrogen functional groups attached to an aromatic ring is 1. The Morgan fingerprint density at radius 2 is 2.20 bits per heavy atom. The summed E-state index contributed by atoms with van der Waals surface area (Å²) in [5.74, 6) is -1.28. The fourth-order valence-corrected chi connectivity index (χ4v) is 1.58. The van der Waals surface area contributed by atoms with Crippen molar-refractivity contribution >= 4 is 23.2 Å². The van der Waals surface area contributed by atoms with Crippen LogP contribution in [-0.2, 0) is 0 Å². The average Bonchev–Trinajstić information content (AvgIpc) is 2.41. The Bertz CT molecular complexity index is 661. The van der Waals surface area contributed by atoms with Gasteiger partial charge in [0.25, 0.3) is 0 Å². The first-order valence-electron chi connectivity index (χ1n) is 5.60. The van der Waals surface area contributed by atoms with Gasteiger partial charge in [0.2, 0.25) is 0 Å². The van der Waals surface area contributed by atoms with Crippen LogP contribution in [0.3, 0.4) is 0 Å². The smallest absolute Gasteiger partial charge is 0.337 e. The van der Waals surface area contributed by atoms with Crippen molar-refractivity contribution in [2.75, 3.05) is 18.2 Å². The molecule has 0 aliphatic rings. The summed E-state index contributed by atoms with van der Waals surface area (Å²) in [6.07, 6.45) is 1.17. The highest BCUT2D eigenvalue weighted by Crippen LogP contribution is 2.25. The molecule has 0 saturated heterocycles. The summed E-state index contributed by atoms with van der Waals surface area (Å²) in [6.45, 7) is 0. The highest BCUT2D eigenvalue weighted by molar-refractivity contribution is 5.89. The molecule has 0 amide bonds. The van der Waals surface area contributed by atoms with Gasteiger partial charge in [-0.05, 0) is 18.2 Å². The molecule has 7 heteroatoms. The standard InChI is InChI=1S/C13H12FN3O3/c1-20-11-3-2-8(5-9(11)14)17-12-10(15)4-7(6-16-12)13(18)19/h2-6H,15H2,1H3,(H,16,17)(H,18,19). The van der Waals surface area contributed by atoms with E-state index in [9.17, 15) is 9.18 Å². The Morgan fingerprint density at radius 3 is 2.75 bits per heavy atom. The van der Waals surface area contributed by atoms with Crippen LogP contribution in [0, 0.1) is 5.82 Å². The van der Waals surface area contributed by atoms with Crippen LogP contribution in [0.25, 0.3) is 0 Å². The van der Waals surface area contributed by atoms with Gasteiger partial charge in [-0.3, -0.25) is 0 Å². The normalized spacial score (nSPS) is 10.1. The van der Waals surface area contributed by atoms with E-state index in [2.05, 4.69) is 10.3 Å². The van der Waals surface area contributed by atoms with Crippen molar-refractivity contribution in [3.05, 3.63) is 41.8 Å². The first kappa shape index (κ1) is 13.6. The van der Waals surface area contributed by atoms with Gasteiger partial charge in [-0.1, -0.05) is 0 Å². The first-order valence-corrected chi connectivity index (χ1v) is 5.60. The van der Waals surface area contributed by atoms with Gasteiger partial charge in [-0.25, -0.2) is 14.2 Å². The van der Waals surface area contributed by atoms with E-state index in [-0.39, 0.29) is 22.8 Å². The lowest BCUT2D eigenvalue weighted by atomic mass is 10.2. The number of rotatable bonds is 4. The van der Waals surface area contributed by atoms with Gasteiger partial charge >= 0.3 is 5.97 Å². The second-order valence-electron chi connectivity index (χ2n) is 3.94. The number of benzene rings is 1. The van der Waals surface area contributed by atoms with Gasteiger partial charge in [-0.2, -0.15) is 0 Å². The fraction of sp³-hybridized carbons (Fsp3) is 0.0769. The summed E-state index contributed by atoms with van der Waals surface area (Å²) < 4.78 is 18.3. The monoisotopic (exact) mass is 277 g/mol. The van der Waals surface area contributed by atoms with Gasteiger partial charge in [0.1, 0.15) is 0 Å². The molecule has 1 aromatic carbocycles. The summed E-state index contributed by atoms with van der Waals surface area (Å²) in [4.78, 5) is 14.7. The third kappa shape index (κ3) is 2.77. The van der Waals surface area contributed by atoms with E-state index in [1.54, 1.807) is 6.07 Å². The van der Waals surface area contributed by atoms with E-state index < -0.39 is 11.8 Å². The molecule has 0 radical (unpaired) electrons. The molecular weight excluding hydrogens is 265 g/mol. The van der Waals surface area contributed by atoms with Crippen LogP contribution in [0.4, 0.5) is 21.6 Å². The summed E-state index contributed by atoms with van der Waals surface area (Å²) in [6, 6.07) is 5.55. The Balaban J connectivity index is 2.26. The van der Waals surface area contributed by atoms with E-state index in [1.165, 1.54) is 31.5 Å². The van der Waals surface area contributed by atoms with Gasteiger partial charge in [0.15, 0.2) is 17.4 Å². The zero-order valence-corrected chi connectivity index (χ0v) is 10.6. The van der Waals surface area contributed by atoms with Gasteiger partial charge in [0.05, 0.1) is 18.4 Å². The van der Waals surface area contributed by atoms with Crippen molar-refractivity contribution < 1.29 is 19.0 Å². The molecule has 4 N–H and O–H groups in total. The third-order valence-corrected chi connectivity index (χ3v) is 2.58. The molecule has 0 atom stereocenters. The minimum atomic E-state index is -1.12. The molecule has 20 heavy (non-hydrogen) atoms. The number of halogens is 1. The van der Waals surface area contributed by atoms with Crippen molar-refractivity contribution in [1.82, 2.24) is 4.98 Å². The van der Waals surface area contributed by atoms with Gasteiger partial charge in [-0.15, -0.1) is 0 Å². The molecule has 6 nitrogen and oxygen atoms in total. The molecule has 1 heterocycles. The van der Waals surface area contributed by atoms with Gasteiger partial charge in [0, 0.05) is 18.0 Å². The number of hydrogen-bond acceptors (Lipinski definition) is 5. The van der Waals surface area contributed by atoms with Crippen molar-refractivity contribution in [3.63, 3.8) is 0 Å². The molecule has 0 aliphatic heterocycles. The lowest BCUT2D eigenvalue weighted by molar-refractivity contribution is 0.0696. The molecular formula is C13H12FN3O3. The Kier molecular flexibility index (Phi) is 3.69. The Labute approximate surface area is 114 Å². The second kappa shape index (κ2) is 5.43. The van der Waals surface area contributed by atoms with Crippen molar-refractivity contribution in [1.29, 1.82) is 0 Å². The number of carboxylic acids is 1. The SMILES string of the molecule is COc1ccc(Nc2ncc(C(=O)O)cc2N)cc1F. The lowest BCUT2D eigenvalue weighted by Gasteiger charge is -2.10. The second-order valence-corrected chi connectivity index (χ2v) is 3.94. The van der Waals surface area contributed by atoms with Crippen LogP contribution < -0.4 is 15.8 Å². The van der Waals surface area contributed by atoms with Crippen LogP contribution in [0.2, 0.25) is 0 Å². The minimum Gasteiger partial charge on any atom is -0.494 e. The molecule has 2 aromatic rings. The number of nitrogens with two attached hydrogens (primary N) is 1. The highest BCUT2D eigenvalue weighted by Gasteiger charge is 2.09. The molecule has 2 rings (SSSR count). The lowest BCUT2D eigenvalue weighted by Crippen LogP contribution is -2.04. The van der Waals surface area contributed by atoms with E-state index in [1.807, 2.05) is 0 Å².